The van der Waals surface area contributed by atoms with Gasteiger partial charge in [-0.2, -0.15) is 0 Å². The number of para-hydroxylation sites is 1. The number of anilines is 3. The fraction of sp³-hybridized carbons (Fsp3) is 0.179. The molecule has 0 amide bonds. The third-order valence-corrected chi connectivity index (χ3v) is 15.8. The van der Waals surface area contributed by atoms with Gasteiger partial charge in [0.05, 0.1) is 5.69 Å². The lowest BCUT2D eigenvalue weighted by Gasteiger charge is -2.63. The molecule has 0 saturated heterocycles. The second kappa shape index (κ2) is 12.9. The molecular weight excluding hydrogens is 735 g/mol. The van der Waals surface area contributed by atoms with Crippen molar-refractivity contribution in [1.82, 2.24) is 0 Å². The molecule has 5 aliphatic rings. The molecule has 3 heteroatoms. The van der Waals surface area contributed by atoms with Crippen molar-refractivity contribution in [1.29, 1.82) is 0 Å². The van der Waals surface area contributed by atoms with Crippen LogP contribution >= 0.6 is 11.3 Å². The van der Waals surface area contributed by atoms with Gasteiger partial charge in [0.2, 0.25) is 0 Å². The van der Waals surface area contributed by atoms with E-state index in [1.807, 2.05) is 11.3 Å². The molecule has 1 aliphatic heterocycles. The Balaban J connectivity index is 0.975. The predicted octanol–water partition coefficient (Wildman–Crippen LogP) is 15.9. The van der Waals surface area contributed by atoms with Gasteiger partial charge in [-0.15, -0.1) is 11.3 Å². The van der Waals surface area contributed by atoms with Crippen LogP contribution in [0.2, 0.25) is 0 Å². The van der Waals surface area contributed by atoms with E-state index in [1.54, 1.807) is 0 Å². The minimum absolute atomic E-state index is 0.0256. The number of nitrogens with zero attached hydrogens (tertiary/aromatic N) is 1. The maximum atomic E-state index is 6.86. The van der Waals surface area contributed by atoms with Gasteiger partial charge in [0.15, 0.2) is 0 Å². The molecule has 4 saturated carbocycles. The van der Waals surface area contributed by atoms with E-state index in [-0.39, 0.29) is 5.41 Å². The average molecular weight is 778 g/mol. The first-order valence-electron chi connectivity index (χ1n) is 21.5. The van der Waals surface area contributed by atoms with Gasteiger partial charge >= 0.3 is 0 Å². The Morgan fingerprint density at radius 3 is 1.95 bits per heavy atom. The van der Waals surface area contributed by atoms with Crippen LogP contribution in [0.5, 0.6) is 11.5 Å². The molecule has 8 aromatic carbocycles. The van der Waals surface area contributed by atoms with Crippen molar-refractivity contribution in [3.05, 3.63) is 187 Å². The number of fused-ring (bicyclic) bond motifs is 6. The van der Waals surface area contributed by atoms with Crippen molar-refractivity contribution in [3.63, 3.8) is 0 Å². The van der Waals surface area contributed by atoms with Crippen LogP contribution < -0.4 is 9.64 Å². The molecule has 0 atom stereocenters. The molecule has 1 aromatic heterocycles. The Morgan fingerprint density at radius 2 is 1.10 bits per heavy atom. The molecular formula is C56H43NOS. The molecule has 2 heterocycles. The monoisotopic (exact) mass is 777 g/mol. The molecule has 0 N–H and O–H groups in total. The third-order valence-electron chi connectivity index (χ3n) is 14.7. The fourth-order valence-corrected chi connectivity index (χ4v) is 13.8. The van der Waals surface area contributed by atoms with E-state index in [2.05, 4.69) is 181 Å². The zero-order chi connectivity index (χ0) is 38.7. The largest absolute Gasteiger partial charge is 0.457 e. The van der Waals surface area contributed by atoms with Crippen LogP contribution in [-0.4, -0.2) is 0 Å². The number of ether oxygens (including phenoxy) is 1. The lowest BCUT2D eigenvalue weighted by atomic mass is 9.42. The van der Waals surface area contributed by atoms with Crippen LogP contribution in [0, 0.1) is 23.7 Å². The summed E-state index contributed by atoms with van der Waals surface area (Å²) >= 11 is 1.88. The summed E-state index contributed by atoms with van der Waals surface area (Å²) in [4.78, 5) is 2.50. The van der Waals surface area contributed by atoms with Gasteiger partial charge in [-0.25, -0.2) is 0 Å². The topological polar surface area (TPSA) is 12.5 Å². The number of thiophene rings is 1. The first kappa shape index (κ1) is 33.8. The van der Waals surface area contributed by atoms with Gasteiger partial charge < -0.3 is 9.64 Å². The first-order chi connectivity index (χ1) is 29.2. The molecule has 2 nitrogen and oxygen atoms in total. The SMILES string of the molecule is c1ccc2c(c1)Oc1ccc(N(c3ccc(-c4ccccc4-c4cccc5sc6ccccc6c45)cc3)c3cccc4ccccc34)cc1C21C2CC3CC(C2)CC1C3. The normalized spacial score (nSPS) is 22.4. The van der Waals surface area contributed by atoms with E-state index in [1.165, 1.54) is 108 Å². The Kier molecular flexibility index (Phi) is 7.40. The van der Waals surface area contributed by atoms with Gasteiger partial charge in [0, 0.05) is 53.5 Å². The Hall–Kier alpha value is -6.16. The number of benzene rings is 8. The molecule has 4 aliphatic carbocycles. The van der Waals surface area contributed by atoms with Crippen LogP contribution in [0.3, 0.4) is 0 Å². The average Bonchev–Trinajstić information content (AvgIpc) is 3.67. The fourth-order valence-electron chi connectivity index (χ4n) is 12.6. The van der Waals surface area contributed by atoms with Crippen LogP contribution in [0.25, 0.3) is 53.2 Å². The highest BCUT2D eigenvalue weighted by Gasteiger charge is 2.61. The highest BCUT2D eigenvalue weighted by molar-refractivity contribution is 7.25. The summed E-state index contributed by atoms with van der Waals surface area (Å²) in [6, 6.07) is 65.5. The van der Waals surface area contributed by atoms with E-state index in [9.17, 15) is 0 Å². The smallest absolute Gasteiger partial charge is 0.131 e. The molecule has 0 unspecified atom stereocenters. The molecule has 284 valence electrons. The summed E-state index contributed by atoms with van der Waals surface area (Å²) in [6.07, 6.45) is 6.76. The van der Waals surface area contributed by atoms with Crippen LogP contribution in [-0.2, 0) is 5.41 Å². The van der Waals surface area contributed by atoms with Gasteiger partial charge in [0.1, 0.15) is 11.5 Å². The van der Waals surface area contributed by atoms with E-state index in [4.69, 9.17) is 4.74 Å². The lowest BCUT2D eigenvalue weighted by molar-refractivity contribution is -0.0452. The molecule has 1 spiro atoms. The summed E-state index contributed by atoms with van der Waals surface area (Å²) in [6.45, 7) is 0. The second-order valence-electron chi connectivity index (χ2n) is 17.7. The molecule has 9 aromatic rings. The van der Waals surface area contributed by atoms with Gasteiger partial charge in [-0.05, 0) is 138 Å². The zero-order valence-electron chi connectivity index (χ0n) is 32.9. The van der Waals surface area contributed by atoms with Crippen molar-refractivity contribution < 1.29 is 4.74 Å². The Labute approximate surface area is 349 Å². The van der Waals surface area contributed by atoms with Gasteiger partial charge in [0.25, 0.3) is 0 Å². The number of hydrogen-bond acceptors (Lipinski definition) is 3. The zero-order valence-corrected chi connectivity index (χ0v) is 33.7. The molecule has 4 bridgehead atoms. The summed E-state index contributed by atoms with van der Waals surface area (Å²) in [5.41, 5.74) is 11.3. The highest BCUT2D eigenvalue weighted by atomic mass is 32.1. The van der Waals surface area contributed by atoms with Crippen molar-refractivity contribution >= 4 is 59.3 Å². The standard InChI is InChI=1S/C56H43NOS/c1-2-14-44-37(11-1)12-9-19-50(44)57(42-27-28-52-49(34-42)56(48-18-6-7-20-51(48)58-52)39-30-35-29-36(32-39)33-40(56)31-35)41-25-23-38(24-26-41)43-13-3-4-15-45(43)46-17-10-22-54-55(46)47-16-5-8-21-53(47)59-54/h1-28,34-36,39-40H,29-33H2. The summed E-state index contributed by atoms with van der Waals surface area (Å²) in [7, 11) is 0. The Bertz CT molecular complexity index is 3090. The van der Waals surface area contributed by atoms with Crippen LogP contribution in [0.4, 0.5) is 17.1 Å². The van der Waals surface area contributed by atoms with E-state index >= 15 is 0 Å². The van der Waals surface area contributed by atoms with Crippen LogP contribution in [0.15, 0.2) is 176 Å². The molecule has 14 rings (SSSR count). The van der Waals surface area contributed by atoms with Crippen molar-refractivity contribution in [2.75, 3.05) is 4.90 Å². The second-order valence-corrected chi connectivity index (χ2v) is 18.7. The van der Waals surface area contributed by atoms with Crippen LogP contribution in [0.1, 0.15) is 43.2 Å². The minimum atomic E-state index is -0.0256. The third kappa shape index (κ3) is 4.98. The Morgan fingerprint density at radius 1 is 0.475 bits per heavy atom. The number of rotatable bonds is 5. The van der Waals surface area contributed by atoms with Gasteiger partial charge in [-0.3, -0.25) is 0 Å². The predicted molar refractivity (Wildman–Crippen MR) is 247 cm³/mol. The maximum absolute atomic E-state index is 6.86. The van der Waals surface area contributed by atoms with Crippen molar-refractivity contribution in [2.45, 2.75) is 37.5 Å². The summed E-state index contributed by atoms with van der Waals surface area (Å²) in [5.74, 6) is 5.13. The summed E-state index contributed by atoms with van der Waals surface area (Å²) < 4.78 is 9.52. The lowest BCUT2D eigenvalue weighted by Crippen LogP contribution is -2.57. The van der Waals surface area contributed by atoms with E-state index in [0.29, 0.717) is 11.8 Å². The van der Waals surface area contributed by atoms with Crippen molar-refractivity contribution in [3.8, 4) is 33.8 Å². The molecule has 4 fully saturated rings. The molecule has 59 heavy (non-hydrogen) atoms. The summed E-state index contributed by atoms with van der Waals surface area (Å²) in [5, 5.41) is 5.15. The molecule has 0 radical (unpaired) electrons. The minimum Gasteiger partial charge on any atom is -0.457 e. The van der Waals surface area contributed by atoms with Gasteiger partial charge in [-0.1, -0.05) is 121 Å². The first-order valence-corrected chi connectivity index (χ1v) is 22.3. The maximum Gasteiger partial charge on any atom is 0.131 e. The van der Waals surface area contributed by atoms with Crippen molar-refractivity contribution in [2.24, 2.45) is 23.7 Å². The quantitative estimate of drug-likeness (QED) is 0.173. The number of hydrogen-bond donors (Lipinski definition) is 0. The van der Waals surface area contributed by atoms with E-state index in [0.717, 1.165) is 29.0 Å². The highest BCUT2D eigenvalue weighted by Crippen LogP contribution is 2.69. The van der Waals surface area contributed by atoms with E-state index < -0.39 is 0 Å².